The molecule has 0 N–H and O–H groups in total. The maximum atomic E-state index is 6.12. The second-order valence-electron chi connectivity index (χ2n) is 3.36. The van der Waals surface area contributed by atoms with Gasteiger partial charge in [-0.2, -0.15) is 0 Å². The topological polar surface area (TPSA) is 18.5 Å². The lowest BCUT2D eigenvalue weighted by atomic mass is 10.3. The predicted octanol–water partition coefficient (Wildman–Crippen LogP) is 5.89. The average Bonchev–Trinajstić information content (AvgIpc) is 2.31. The largest absolute Gasteiger partial charge is 0.435 e. The van der Waals surface area contributed by atoms with E-state index < -0.39 is 5.69 Å². The molecule has 7 heteroatoms. The molecule has 1 rings (SSSR count). The minimum absolute atomic E-state index is 0.537. The number of hydrogen-bond donors (Lipinski definition) is 0. The van der Waals surface area contributed by atoms with Crippen molar-refractivity contribution in [3.05, 3.63) is 27.7 Å². The Bertz CT molecular complexity index is 445. The summed E-state index contributed by atoms with van der Waals surface area (Å²) in [5, 5.41) is 0.537. The quantitative estimate of drug-likeness (QED) is 0.541. The zero-order valence-corrected chi connectivity index (χ0v) is 15.1. The second kappa shape index (κ2) is 8.13. The molecule has 0 radical (unpaired) electrons. The molecule has 0 spiro atoms. The monoisotopic (exact) mass is 388 g/mol. The fourth-order valence-electron chi connectivity index (χ4n) is 1.12. The molecular weight excluding hydrogens is 375 g/mol. The van der Waals surface area contributed by atoms with Gasteiger partial charge in [0, 0.05) is 10.2 Å². The molecule has 0 aliphatic rings. The Labute approximate surface area is 131 Å². The lowest BCUT2D eigenvalue weighted by molar-refractivity contribution is 0.344. The molecule has 0 saturated carbocycles. The molecule has 0 fully saturated rings. The van der Waals surface area contributed by atoms with Crippen molar-refractivity contribution in [1.29, 1.82) is 0 Å². The molecule has 0 aromatic heterocycles. The average molecular weight is 390 g/mol. The lowest BCUT2D eigenvalue weighted by Crippen LogP contribution is -1.96. The summed E-state index contributed by atoms with van der Waals surface area (Å²) in [6, 6.07) is 5.46. The van der Waals surface area contributed by atoms with Crippen LogP contribution in [0, 0.1) is 0 Å². The highest BCUT2D eigenvalue weighted by atomic mass is 79.9. The number of hydrogen-bond acceptors (Lipinski definition) is 4. The first-order valence-electron chi connectivity index (χ1n) is 5.54. The molecule has 102 valence electrons. The van der Waals surface area contributed by atoms with Crippen molar-refractivity contribution >= 4 is 56.4 Å². The van der Waals surface area contributed by atoms with Crippen LogP contribution in [0.3, 0.4) is 0 Å². The van der Waals surface area contributed by atoms with Crippen LogP contribution in [-0.4, -0.2) is 12.4 Å². The van der Waals surface area contributed by atoms with Crippen molar-refractivity contribution in [1.82, 2.24) is 0 Å². The van der Waals surface area contributed by atoms with Crippen LogP contribution in [0.2, 0.25) is 5.02 Å². The SMILES string of the molecule is CCCSP(=S)(OCC)Oc1ccc(Br)cc1Cl. The summed E-state index contributed by atoms with van der Waals surface area (Å²) < 4.78 is 12.4. The molecule has 0 heterocycles. The van der Waals surface area contributed by atoms with Crippen molar-refractivity contribution in [3.8, 4) is 5.75 Å². The minimum atomic E-state index is -2.35. The van der Waals surface area contributed by atoms with Crippen LogP contribution in [0.15, 0.2) is 22.7 Å². The zero-order valence-electron chi connectivity index (χ0n) is 10.2. The summed E-state index contributed by atoms with van der Waals surface area (Å²) in [4.78, 5) is 0. The van der Waals surface area contributed by atoms with Crippen LogP contribution >= 0.6 is 44.6 Å². The van der Waals surface area contributed by atoms with E-state index in [9.17, 15) is 0 Å². The zero-order chi connectivity index (χ0) is 13.6. The van der Waals surface area contributed by atoms with E-state index in [0.29, 0.717) is 17.4 Å². The van der Waals surface area contributed by atoms with E-state index in [1.54, 1.807) is 23.5 Å². The van der Waals surface area contributed by atoms with Gasteiger partial charge in [-0.25, -0.2) is 0 Å². The van der Waals surface area contributed by atoms with Crippen LogP contribution in [0.5, 0.6) is 5.75 Å². The van der Waals surface area contributed by atoms with Gasteiger partial charge in [-0.05, 0) is 43.4 Å². The highest BCUT2D eigenvalue weighted by molar-refractivity contribution is 9.10. The maximum Gasteiger partial charge on any atom is 0.297 e. The smallest absolute Gasteiger partial charge is 0.297 e. The van der Waals surface area contributed by atoms with E-state index in [-0.39, 0.29) is 0 Å². The summed E-state index contributed by atoms with van der Waals surface area (Å²) in [5.74, 6) is 1.51. The molecule has 18 heavy (non-hydrogen) atoms. The Morgan fingerprint density at radius 1 is 1.44 bits per heavy atom. The van der Waals surface area contributed by atoms with Gasteiger partial charge in [0.25, 0.3) is 5.69 Å². The highest BCUT2D eigenvalue weighted by Crippen LogP contribution is 2.61. The number of rotatable bonds is 7. The van der Waals surface area contributed by atoms with Crippen LogP contribution in [0.1, 0.15) is 20.3 Å². The van der Waals surface area contributed by atoms with E-state index >= 15 is 0 Å². The molecule has 2 nitrogen and oxygen atoms in total. The lowest BCUT2D eigenvalue weighted by Gasteiger charge is -2.22. The summed E-state index contributed by atoms with van der Waals surface area (Å²) in [6.07, 6.45) is 1.04. The maximum absolute atomic E-state index is 6.12. The molecule has 0 amide bonds. The summed E-state index contributed by atoms with van der Waals surface area (Å²) in [7, 11) is 0. The van der Waals surface area contributed by atoms with Crippen LogP contribution in [0.25, 0.3) is 0 Å². The Morgan fingerprint density at radius 2 is 2.17 bits per heavy atom. The molecular formula is C11H15BrClO2PS2. The van der Waals surface area contributed by atoms with Gasteiger partial charge in [0.05, 0.1) is 11.6 Å². The summed E-state index contributed by atoms with van der Waals surface area (Å²) in [5.41, 5.74) is -2.35. The van der Waals surface area contributed by atoms with E-state index in [2.05, 4.69) is 22.9 Å². The second-order valence-corrected chi connectivity index (χ2v) is 11.0. The van der Waals surface area contributed by atoms with Crippen molar-refractivity contribution in [2.75, 3.05) is 12.4 Å². The van der Waals surface area contributed by atoms with Crippen molar-refractivity contribution in [2.45, 2.75) is 20.3 Å². The summed E-state index contributed by atoms with van der Waals surface area (Å²) in [6.45, 7) is 4.56. The highest BCUT2D eigenvalue weighted by Gasteiger charge is 2.22. The van der Waals surface area contributed by atoms with Gasteiger partial charge >= 0.3 is 0 Å². The normalized spacial score (nSPS) is 14.2. The first kappa shape index (κ1) is 16.8. The van der Waals surface area contributed by atoms with Crippen LogP contribution in [-0.2, 0) is 16.3 Å². The molecule has 0 bridgehead atoms. The van der Waals surface area contributed by atoms with Gasteiger partial charge in [-0.3, -0.25) is 0 Å². The molecule has 0 saturated heterocycles. The van der Waals surface area contributed by atoms with Crippen LogP contribution < -0.4 is 4.52 Å². The van der Waals surface area contributed by atoms with Crippen molar-refractivity contribution < 1.29 is 9.05 Å². The standard InChI is InChI=1S/C11H15BrClO2PS2/c1-3-7-18-16(17,14-4-2)15-11-6-5-9(12)8-10(11)13/h5-6,8H,3-4,7H2,1-2H3. The van der Waals surface area contributed by atoms with Gasteiger partial charge < -0.3 is 9.05 Å². The third-order valence-corrected chi connectivity index (χ3v) is 8.06. The van der Waals surface area contributed by atoms with Gasteiger partial charge in [-0.1, -0.05) is 45.8 Å². The Kier molecular flexibility index (Phi) is 7.59. The van der Waals surface area contributed by atoms with Gasteiger partial charge in [0.15, 0.2) is 0 Å². The fourth-order valence-corrected chi connectivity index (χ4v) is 6.57. The summed E-state index contributed by atoms with van der Waals surface area (Å²) >= 11 is 16.5. The molecule has 1 aromatic carbocycles. The Hall–Kier alpha value is 0.750. The first-order valence-corrected chi connectivity index (χ1v) is 10.9. The molecule has 1 aromatic rings. The van der Waals surface area contributed by atoms with E-state index in [1.165, 1.54) is 0 Å². The predicted molar refractivity (Wildman–Crippen MR) is 88.4 cm³/mol. The van der Waals surface area contributed by atoms with Gasteiger partial charge in [-0.15, -0.1) is 0 Å². The first-order chi connectivity index (χ1) is 8.50. The number of halogens is 2. The Balaban J connectivity index is 2.85. The van der Waals surface area contributed by atoms with E-state index in [1.807, 2.05) is 13.0 Å². The number of benzene rings is 1. The molecule has 0 aliphatic carbocycles. The van der Waals surface area contributed by atoms with Crippen LogP contribution in [0.4, 0.5) is 0 Å². The van der Waals surface area contributed by atoms with Crippen molar-refractivity contribution in [3.63, 3.8) is 0 Å². The third-order valence-electron chi connectivity index (χ3n) is 1.84. The van der Waals surface area contributed by atoms with Gasteiger partial charge in [0.1, 0.15) is 5.75 Å². The van der Waals surface area contributed by atoms with E-state index in [4.69, 9.17) is 32.5 Å². The molecule has 1 unspecified atom stereocenters. The third kappa shape index (κ3) is 5.40. The fraction of sp³-hybridized carbons (Fsp3) is 0.455. The molecule has 1 atom stereocenters. The Morgan fingerprint density at radius 3 is 2.72 bits per heavy atom. The van der Waals surface area contributed by atoms with Crippen molar-refractivity contribution in [2.24, 2.45) is 0 Å². The molecule has 0 aliphatic heterocycles. The van der Waals surface area contributed by atoms with Gasteiger partial charge in [0.2, 0.25) is 0 Å². The minimum Gasteiger partial charge on any atom is -0.435 e. The van der Waals surface area contributed by atoms with E-state index in [0.717, 1.165) is 16.6 Å².